The van der Waals surface area contributed by atoms with Crippen LogP contribution in [0.2, 0.25) is 0 Å². The Morgan fingerprint density at radius 2 is 2.17 bits per heavy atom. The van der Waals surface area contributed by atoms with Crippen LogP contribution in [0.4, 0.5) is 0 Å². The lowest BCUT2D eigenvalue weighted by Gasteiger charge is -2.52. The minimum Gasteiger partial charge on any atom is -0.378 e. The fraction of sp³-hybridized carbons (Fsp3) is 0.571. The molecule has 0 unspecified atom stereocenters. The highest BCUT2D eigenvalue weighted by molar-refractivity contribution is 5.45. The molecular weight excluding hydrogens is 282 g/mol. The Balaban J connectivity index is 2.04. The minimum absolute atomic E-state index is 0.165. The van der Waals surface area contributed by atoms with Crippen LogP contribution in [-0.4, -0.2) is 10.7 Å². The molecule has 1 N–H and O–H groups in total. The number of hydrogen-bond donors (Lipinski definition) is 1. The second-order valence-corrected chi connectivity index (χ2v) is 7.24. The lowest BCUT2D eigenvalue weighted by Crippen LogP contribution is -2.49. The van der Waals surface area contributed by atoms with Crippen molar-refractivity contribution in [3.63, 3.8) is 0 Å². The van der Waals surface area contributed by atoms with E-state index >= 15 is 0 Å². The van der Waals surface area contributed by atoms with Crippen LogP contribution in [0, 0.1) is 29.1 Å². The van der Waals surface area contributed by atoms with E-state index < -0.39 is 5.60 Å². The van der Waals surface area contributed by atoms with E-state index in [2.05, 4.69) is 37.0 Å². The molecule has 3 rings (SSSR count). The fourth-order valence-corrected chi connectivity index (χ4v) is 5.01. The highest BCUT2D eigenvalue weighted by Crippen LogP contribution is 2.54. The molecule has 0 heterocycles. The molecule has 120 valence electrons. The summed E-state index contributed by atoms with van der Waals surface area (Å²) in [6, 6.07) is 8.49. The highest BCUT2D eigenvalue weighted by atomic mass is 16.3. The Kier molecular flexibility index (Phi) is 4.22. The minimum atomic E-state index is -0.805. The van der Waals surface area contributed by atoms with E-state index in [0.717, 1.165) is 50.5 Å². The van der Waals surface area contributed by atoms with E-state index in [0.29, 0.717) is 5.92 Å². The first-order valence-corrected chi connectivity index (χ1v) is 8.77. The summed E-state index contributed by atoms with van der Waals surface area (Å²) < 4.78 is 0. The van der Waals surface area contributed by atoms with E-state index in [-0.39, 0.29) is 5.41 Å². The Morgan fingerprint density at radius 3 is 2.87 bits per heavy atom. The van der Waals surface area contributed by atoms with Gasteiger partial charge in [-0.15, -0.1) is 5.92 Å². The molecule has 0 radical (unpaired) electrons. The molecule has 2 heteroatoms. The average molecular weight is 307 g/mol. The van der Waals surface area contributed by atoms with Crippen LogP contribution in [0.15, 0.2) is 18.2 Å². The van der Waals surface area contributed by atoms with Crippen LogP contribution in [0.1, 0.15) is 69.1 Å². The molecule has 0 saturated heterocycles. The summed E-state index contributed by atoms with van der Waals surface area (Å²) >= 11 is 0. The van der Waals surface area contributed by atoms with Crippen LogP contribution >= 0.6 is 0 Å². The molecule has 0 spiro atoms. The molecule has 0 bridgehead atoms. The van der Waals surface area contributed by atoms with Gasteiger partial charge in [0.2, 0.25) is 0 Å². The molecule has 0 aliphatic heterocycles. The van der Waals surface area contributed by atoms with E-state index in [1.807, 2.05) is 13.0 Å². The predicted octanol–water partition coefficient (Wildman–Crippen LogP) is 4.10. The topological polar surface area (TPSA) is 44.0 Å². The van der Waals surface area contributed by atoms with Crippen molar-refractivity contribution >= 4 is 0 Å². The summed E-state index contributed by atoms with van der Waals surface area (Å²) in [7, 11) is 0. The van der Waals surface area contributed by atoms with Crippen molar-refractivity contribution in [3.8, 4) is 17.9 Å². The van der Waals surface area contributed by atoms with Crippen LogP contribution in [0.5, 0.6) is 0 Å². The second-order valence-electron chi connectivity index (χ2n) is 7.24. The Bertz CT molecular complexity index is 705. The molecular formula is C21H25NO. The molecule has 23 heavy (non-hydrogen) atoms. The molecule has 2 aliphatic carbocycles. The van der Waals surface area contributed by atoms with Gasteiger partial charge in [0, 0.05) is 0 Å². The van der Waals surface area contributed by atoms with Crippen LogP contribution in [0.25, 0.3) is 0 Å². The third-order valence-electron chi connectivity index (χ3n) is 5.94. The molecule has 0 amide bonds. The van der Waals surface area contributed by atoms with E-state index in [4.69, 9.17) is 5.26 Å². The molecule has 1 aromatic rings. The summed E-state index contributed by atoms with van der Waals surface area (Å²) in [4.78, 5) is 0. The number of aliphatic hydroxyl groups is 1. The van der Waals surface area contributed by atoms with Gasteiger partial charge in [-0.2, -0.15) is 5.26 Å². The zero-order chi connectivity index (χ0) is 16.5. The van der Waals surface area contributed by atoms with Crippen molar-refractivity contribution in [1.82, 2.24) is 0 Å². The van der Waals surface area contributed by atoms with Crippen molar-refractivity contribution in [1.29, 1.82) is 5.26 Å². The fourth-order valence-electron chi connectivity index (χ4n) is 5.01. The van der Waals surface area contributed by atoms with Gasteiger partial charge >= 0.3 is 0 Å². The molecule has 1 fully saturated rings. The maximum absolute atomic E-state index is 10.8. The van der Waals surface area contributed by atoms with E-state index in [1.54, 1.807) is 0 Å². The number of rotatable bonds is 2. The maximum atomic E-state index is 10.8. The van der Waals surface area contributed by atoms with Crippen molar-refractivity contribution < 1.29 is 5.11 Å². The van der Waals surface area contributed by atoms with Gasteiger partial charge in [-0.3, -0.25) is 0 Å². The first-order chi connectivity index (χ1) is 11.1. The standard InChI is InChI=1S/C21H25NO/c1-3-9-20(23)11-12-21(10-4-2)18(14-20)7-6-17-13-16(15-22)5-8-19(17)21/h5,8,13,18,23H,4,6-7,10-12,14H2,1-2H3/t18-,20-,21-/m1/s1. The van der Waals surface area contributed by atoms with Gasteiger partial charge in [0.15, 0.2) is 0 Å². The lowest BCUT2D eigenvalue weighted by atomic mass is 9.53. The number of hydrogen-bond acceptors (Lipinski definition) is 2. The second kappa shape index (κ2) is 6.03. The van der Waals surface area contributed by atoms with E-state index in [9.17, 15) is 5.11 Å². The largest absolute Gasteiger partial charge is 0.378 e. The summed E-state index contributed by atoms with van der Waals surface area (Å²) in [5, 5.41) is 20.0. The Hall–Kier alpha value is -1.77. The molecule has 3 atom stereocenters. The van der Waals surface area contributed by atoms with Crippen molar-refractivity contribution in [3.05, 3.63) is 34.9 Å². The van der Waals surface area contributed by atoms with Crippen molar-refractivity contribution in [2.45, 2.75) is 69.8 Å². The van der Waals surface area contributed by atoms with Gasteiger partial charge in [0.25, 0.3) is 0 Å². The molecule has 2 nitrogen and oxygen atoms in total. The van der Waals surface area contributed by atoms with Crippen LogP contribution < -0.4 is 0 Å². The third-order valence-corrected chi connectivity index (χ3v) is 5.94. The van der Waals surface area contributed by atoms with Gasteiger partial charge in [0.1, 0.15) is 5.60 Å². The normalized spacial score (nSPS) is 32.0. The zero-order valence-electron chi connectivity index (χ0n) is 14.2. The Labute approximate surface area is 139 Å². The number of nitrogens with zero attached hydrogens (tertiary/aromatic N) is 1. The number of benzene rings is 1. The van der Waals surface area contributed by atoms with Gasteiger partial charge < -0.3 is 5.11 Å². The van der Waals surface area contributed by atoms with Gasteiger partial charge in [-0.1, -0.05) is 25.3 Å². The first kappa shape index (κ1) is 16.1. The van der Waals surface area contributed by atoms with Gasteiger partial charge in [0.05, 0.1) is 11.6 Å². The summed E-state index contributed by atoms with van der Waals surface area (Å²) in [5.41, 5.74) is 2.90. The monoisotopic (exact) mass is 307 g/mol. The SMILES string of the molecule is CC#C[C@@]1(O)CC[C@@]2(CCC)c3ccc(C#N)cc3CC[C@@H]2C1. The van der Waals surface area contributed by atoms with Crippen LogP contribution in [0.3, 0.4) is 0 Å². The molecule has 1 saturated carbocycles. The first-order valence-electron chi connectivity index (χ1n) is 8.77. The quantitative estimate of drug-likeness (QED) is 0.836. The highest BCUT2D eigenvalue weighted by Gasteiger charge is 2.50. The molecule has 2 aliphatic rings. The smallest absolute Gasteiger partial charge is 0.125 e. The van der Waals surface area contributed by atoms with E-state index in [1.165, 1.54) is 11.1 Å². The van der Waals surface area contributed by atoms with Crippen LogP contribution in [-0.2, 0) is 11.8 Å². The average Bonchev–Trinajstić information content (AvgIpc) is 2.55. The summed E-state index contributed by atoms with van der Waals surface area (Å²) in [6.45, 7) is 4.06. The maximum Gasteiger partial charge on any atom is 0.125 e. The molecule has 1 aromatic carbocycles. The predicted molar refractivity (Wildman–Crippen MR) is 91.8 cm³/mol. The number of fused-ring (bicyclic) bond motifs is 3. The van der Waals surface area contributed by atoms with Crippen molar-refractivity contribution in [2.24, 2.45) is 5.92 Å². The molecule has 0 aromatic heterocycles. The lowest BCUT2D eigenvalue weighted by molar-refractivity contribution is -0.0109. The Morgan fingerprint density at radius 1 is 1.35 bits per heavy atom. The van der Waals surface area contributed by atoms with Gasteiger partial charge in [-0.25, -0.2) is 0 Å². The zero-order valence-corrected chi connectivity index (χ0v) is 14.2. The number of nitriles is 1. The summed E-state index contributed by atoms with van der Waals surface area (Å²) in [6.07, 6.45) is 6.94. The van der Waals surface area contributed by atoms with Crippen molar-refractivity contribution in [2.75, 3.05) is 0 Å². The third kappa shape index (κ3) is 2.66. The number of aryl methyl sites for hydroxylation is 1. The van der Waals surface area contributed by atoms with Gasteiger partial charge in [-0.05, 0) is 80.0 Å². The summed E-state index contributed by atoms with van der Waals surface area (Å²) in [5.74, 6) is 6.46.